The number of rotatable bonds is 0. The highest BCUT2D eigenvalue weighted by molar-refractivity contribution is 4.56. The predicted molar refractivity (Wildman–Crippen MR) is 17.7 cm³/mol. The summed E-state index contributed by atoms with van der Waals surface area (Å²) in [7, 11) is 0. The van der Waals surface area contributed by atoms with Gasteiger partial charge in [0.1, 0.15) is 0 Å². The minimum atomic E-state index is 1.38. The molecule has 1 radical (unpaired) electrons. The number of allylic oxidation sites excluding steroid dienone is 1. The molecular formula is C3H6N. The van der Waals surface area contributed by atoms with E-state index in [2.05, 4.69) is 6.08 Å². The van der Waals surface area contributed by atoms with E-state index < -0.39 is 0 Å². The van der Waals surface area contributed by atoms with E-state index in [1.165, 1.54) is 6.20 Å². The third-order valence-electron chi connectivity index (χ3n) is 0.167. The molecule has 0 bridgehead atoms. The van der Waals surface area contributed by atoms with Crippen LogP contribution in [0.1, 0.15) is 6.92 Å². The molecule has 0 aromatic heterocycles. The van der Waals surface area contributed by atoms with Crippen molar-refractivity contribution < 1.29 is 0 Å². The van der Waals surface area contributed by atoms with Crippen LogP contribution in [0.15, 0.2) is 6.20 Å². The van der Waals surface area contributed by atoms with Gasteiger partial charge in [0.2, 0.25) is 0 Å². The Hall–Kier alpha value is -0.460. The zero-order valence-electron chi connectivity index (χ0n) is 2.65. The van der Waals surface area contributed by atoms with Crippen molar-refractivity contribution in [2.24, 2.45) is 5.73 Å². The quantitative estimate of drug-likeness (QED) is 0.424. The molecule has 0 atom stereocenters. The third-order valence-corrected chi connectivity index (χ3v) is 0.167. The SMILES string of the molecule is C/[C]=C/N. The highest BCUT2D eigenvalue weighted by Gasteiger charge is 1.34. The van der Waals surface area contributed by atoms with E-state index in [1.54, 1.807) is 6.92 Å². The summed E-state index contributed by atoms with van der Waals surface area (Å²) < 4.78 is 0. The van der Waals surface area contributed by atoms with Gasteiger partial charge in [-0.15, -0.1) is 0 Å². The Kier molecular flexibility index (Phi) is 2.25. The van der Waals surface area contributed by atoms with Gasteiger partial charge in [0, 0.05) is 0 Å². The second kappa shape index (κ2) is 2.54. The van der Waals surface area contributed by atoms with Crippen LogP contribution in [-0.2, 0) is 0 Å². The largest absolute Gasteiger partial charge is 0.404 e. The molecule has 0 unspecified atom stereocenters. The van der Waals surface area contributed by atoms with Crippen LogP contribution in [0.4, 0.5) is 0 Å². The zero-order chi connectivity index (χ0) is 3.41. The van der Waals surface area contributed by atoms with Gasteiger partial charge in [-0.3, -0.25) is 0 Å². The molecule has 0 heterocycles. The molecule has 4 heavy (non-hydrogen) atoms. The van der Waals surface area contributed by atoms with Crippen molar-refractivity contribution >= 4 is 0 Å². The van der Waals surface area contributed by atoms with Gasteiger partial charge in [-0.1, -0.05) is 0 Å². The van der Waals surface area contributed by atoms with Crippen molar-refractivity contribution in [1.82, 2.24) is 0 Å². The van der Waals surface area contributed by atoms with Gasteiger partial charge in [-0.25, -0.2) is 0 Å². The van der Waals surface area contributed by atoms with Crippen LogP contribution in [0.25, 0.3) is 0 Å². The summed E-state index contributed by atoms with van der Waals surface area (Å²) in [6.07, 6.45) is 3.96. The molecule has 0 aliphatic heterocycles. The highest BCUT2D eigenvalue weighted by atomic mass is 14.5. The summed E-state index contributed by atoms with van der Waals surface area (Å²) in [4.78, 5) is 0. The fourth-order valence-corrected chi connectivity index (χ4v) is 0. The molecular weight excluding hydrogens is 50.0 g/mol. The fourth-order valence-electron chi connectivity index (χ4n) is 0. The van der Waals surface area contributed by atoms with Crippen molar-refractivity contribution in [3.05, 3.63) is 12.3 Å². The van der Waals surface area contributed by atoms with Crippen molar-refractivity contribution in [3.63, 3.8) is 0 Å². The maximum absolute atomic E-state index is 4.79. The molecule has 0 aromatic carbocycles. The molecule has 0 aliphatic rings. The molecule has 0 amide bonds. The van der Waals surface area contributed by atoms with Crippen LogP contribution < -0.4 is 5.73 Å². The summed E-state index contributed by atoms with van der Waals surface area (Å²) in [6, 6.07) is 0. The Morgan fingerprint density at radius 1 is 2.00 bits per heavy atom. The van der Waals surface area contributed by atoms with Crippen LogP contribution in [-0.4, -0.2) is 0 Å². The molecule has 0 aromatic rings. The second-order valence-electron chi connectivity index (χ2n) is 0.455. The van der Waals surface area contributed by atoms with Gasteiger partial charge in [0.05, 0.1) is 0 Å². The summed E-state index contributed by atoms with van der Waals surface area (Å²) in [5, 5.41) is 0. The lowest BCUT2D eigenvalue weighted by Gasteiger charge is -1.52. The van der Waals surface area contributed by atoms with Gasteiger partial charge in [-0.05, 0) is 19.2 Å². The Morgan fingerprint density at radius 2 is 2.25 bits per heavy atom. The minimum absolute atomic E-state index is 1.38. The Bertz CT molecular complexity index is 18.5. The Morgan fingerprint density at radius 3 is 2.25 bits per heavy atom. The van der Waals surface area contributed by atoms with Crippen molar-refractivity contribution in [2.45, 2.75) is 6.92 Å². The molecule has 0 saturated heterocycles. The first-order valence-electron chi connectivity index (χ1n) is 1.12. The summed E-state index contributed by atoms with van der Waals surface area (Å²) >= 11 is 0. The standard InChI is InChI=1S/C3H6N/c1-2-3-4/h3H,4H2,1H3. The van der Waals surface area contributed by atoms with Crippen LogP contribution in [0.5, 0.6) is 0 Å². The fraction of sp³-hybridized carbons (Fsp3) is 0.333. The average Bonchev–Trinajstić information content (AvgIpc) is 1.37. The minimum Gasteiger partial charge on any atom is -0.404 e. The molecule has 2 N–H and O–H groups in total. The maximum Gasteiger partial charge on any atom is -0.00293 e. The second-order valence-corrected chi connectivity index (χ2v) is 0.455. The molecule has 0 spiro atoms. The first-order valence-corrected chi connectivity index (χ1v) is 1.12. The molecule has 0 fully saturated rings. The van der Waals surface area contributed by atoms with Gasteiger partial charge in [-0.2, -0.15) is 0 Å². The first kappa shape index (κ1) is 3.54. The van der Waals surface area contributed by atoms with Gasteiger partial charge < -0.3 is 5.73 Å². The maximum atomic E-state index is 4.79. The van der Waals surface area contributed by atoms with Crippen LogP contribution in [0.2, 0.25) is 0 Å². The van der Waals surface area contributed by atoms with E-state index in [-0.39, 0.29) is 0 Å². The van der Waals surface area contributed by atoms with Crippen molar-refractivity contribution in [3.8, 4) is 0 Å². The number of nitrogens with two attached hydrogens (primary N) is 1. The number of hydrogen-bond acceptors (Lipinski definition) is 1. The van der Waals surface area contributed by atoms with Crippen LogP contribution in [0.3, 0.4) is 0 Å². The lowest BCUT2D eigenvalue weighted by Crippen LogP contribution is -1.70. The highest BCUT2D eigenvalue weighted by Crippen LogP contribution is 1.43. The molecule has 1 nitrogen and oxygen atoms in total. The lowest BCUT2D eigenvalue weighted by atomic mass is 10.7. The normalized spacial score (nSPS) is 9.25. The van der Waals surface area contributed by atoms with E-state index in [4.69, 9.17) is 5.73 Å². The van der Waals surface area contributed by atoms with Crippen LogP contribution >= 0.6 is 0 Å². The van der Waals surface area contributed by atoms with E-state index in [9.17, 15) is 0 Å². The molecule has 23 valence electrons. The van der Waals surface area contributed by atoms with E-state index in [0.29, 0.717) is 0 Å². The number of hydrogen-bond donors (Lipinski definition) is 1. The van der Waals surface area contributed by atoms with Gasteiger partial charge in [0.15, 0.2) is 0 Å². The smallest absolute Gasteiger partial charge is 0.00293 e. The van der Waals surface area contributed by atoms with Gasteiger partial charge >= 0.3 is 0 Å². The zero-order valence-corrected chi connectivity index (χ0v) is 2.65. The Balaban J connectivity index is 2.55. The molecule has 0 rings (SSSR count). The van der Waals surface area contributed by atoms with E-state index >= 15 is 0 Å². The Labute approximate surface area is 26.1 Å². The van der Waals surface area contributed by atoms with Gasteiger partial charge in [0.25, 0.3) is 0 Å². The predicted octanol–water partition coefficient (Wildman–Crippen LogP) is 0.282. The topological polar surface area (TPSA) is 26.0 Å². The lowest BCUT2D eigenvalue weighted by molar-refractivity contribution is 1.51. The van der Waals surface area contributed by atoms with Crippen molar-refractivity contribution in [1.29, 1.82) is 0 Å². The average molecular weight is 56.1 g/mol. The van der Waals surface area contributed by atoms with Crippen LogP contribution in [0, 0.1) is 6.08 Å². The summed E-state index contributed by atoms with van der Waals surface area (Å²) in [5.41, 5.74) is 4.79. The molecule has 0 saturated carbocycles. The molecule has 1 heteroatoms. The van der Waals surface area contributed by atoms with E-state index in [0.717, 1.165) is 0 Å². The monoisotopic (exact) mass is 56.1 g/mol. The molecule has 0 aliphatic carbocycles. The van der Waals surface area contributed by atoms with E-state index in [1.807, 2.05) is 0 Å². The van der Waals surface area contributed by atoms with Crippen molar-refractivity contribution in [2.75, 3.05) is 0 Å². The first-order chi connectivity index (χ1) is 1.91. The summed E-state index contributed by atoms with van der Waals surface area (Å²) in [5.74, 6) is 0. The third kappa shape index (κ3) is 1.54. The summed E-state index contributed by atoms with van der Waals surface area (Å²) in [6.45, 7) is 1.75.